The van der Waals surface area contributed by atoms with E-state index in [1.165, 1.54) is 13.8 Å². The first-order chi connectivity index (χ1) is 12.7. The minimum atomic E-state index is -1.31. The van der Waals surface area contributed by atoms with Gasteiger partial charge in [-0.3, -0.25) is 0 Å². The number of aryl methyl sites for hydroxylation is 2. The predicted octanol–water partition coefficient (Wildman–Crippen LogP) is 5.63. The smallest absolute Gasteiger partial charge is 0.347 e. The molecule has 0 atom stereocenters. The van der Waals surface area contributed by atoms with E-state index in [0.717, 1.165) is 26.7 Å². The third kappa shape index (κ3) is 4.06. The van der Waals surface area contributed by atoms with Crippen molar-refractivity contribution in [2.24, 2.45) is 0 Å². The molecule has 1 aromatic heterocycles. The molecule has 27 heavy (non-hydrogen) atoms. The second-order valence-corrected chi connectivity index (χ2v) is 7.86. The summed E-state index contributed by atoms with van der Waals surface area (Å²) in [6.45, 7) is 6.84. The Kier molecular flexibility index (Phi) is 5.11. The molecule has 6 heteroatoms. The lowest BCUT2D eigenvalue weighted by Crippen LogP contribution is -2.38. The van der Waals surface area contributed by atoms with Gasteiger partial charge in [0.15, 0.2) is 11.4 Å². The summed E-state index contributed by atoms with van der Waals surface area (Å²) < 4.78 is 12.2. The monoisotopic (exact) mass is 429 g/mol. The fourth-order valence-electron chi connectivity index (χ4n) is 2.72. The number of aromatic nitrogens is 1. The number of hydrogen-bond acceptors (Lipinski definition) is 4. The lowest BCUT2D eigenvalue weighted by atomic mass is 10.0. The first-order valence-corrected chi connectivity index (χ1v) is 9.23. The Balaban J connectivity index is 1.93. The van der Waals surface area contributed by atoms with E-state index in [2.05, 4.69) is 21.1 Å². The Labute approximate surface area is 166 Å². The van der Waals surface area contributed by atoms with Gasteiger partial charge in [0, 0.05) is 21.7 Å². The molecular weight excluding hydrogens is 410 g/mol. The van der Waals surface area contributed by atoms with Crippen molar-refractivity contribution >= 4 is 21.9 Å². The largest absolute Gasteiger partial charge is 0.478 e. The summed E-state index contributed by atoms with van der Waals surface area (Å²) in [5, 5.41) is 13.5. The van der Waals surface area contributed by atoms with E-state index in [1.54, 1.807) is 0 Å². The minimum absolute atomic E-state index is 0.572. The van der Waals surface area contributed by atoms with Crippen molar-refractivity contribution in [3.8, 4) is 28.3 Å². The van der Waals surface area contributed by atoms with Crippen LogP contribution in [0.15, 0.2) is 51.5 Å². The number of hydrogen-bond donors (Lipinski definition) is 1. The van der Waals surface area contributed by atoms with Crippen LogP contribution < -0.4 is 4.74 Å². The molecule has 0 saturated carbocycles. The van der Waals surface area contributed by atoms with E-state index in [9.17, 15) is 9.90 Å². The van der Waals surface area contributed by atoms with Gasteiger partial charge in [-0.1, -0.05) is 33.2 Å². The maximum absolute atomic E-state index is 11.3. The van der Waals surface area contributed by atoms with Crippen LogP contribution in [-0.4, -0.2) is 21.8 Å². The molecule has 3 rings (SSSR count). The molecule has 0 bridgehead atoms. The van der Waals surface area contributed by atoms with Crippen LogP contribution in [0, 0.1) is 13.8 Å². The van der Waals surface area contributed by atoms with E-state index in [4.69, 9.17) is 9.26 Å². The van der Waals surface area contributed by atoms with Crippen LogP contribution in [0.4, 0.5) is 0 Å². The first-order valence-electron chi connectivity index (χ1n) is 8.44. The molecule has 0 amide bonds. The van der Waals surface area contributed by atoms with E-state index in [1.807, 2.05) is 56.3 Å². The number of ether oxygens (including phenoxy) is 1. The van der Waals surface area contributed by atoms with E-state index < -0.39 is 11.6 Å². The number of carboxylic acid groups (broad SMARTS) is 1. The van der Waals surface area contributed by atoms with Crippen LogP contribution in [0.2, 0.25) is 0 Å². The maximum Gasteiger partial charge on any atom is 0.347 e. The van der Waals surface area contributed by atoms with Crippen LogP contribution in [0.1, 0.15) is 25.0 Å². The highest BCUT2D eigenvalue weighted by Crippen LogP contribution is 2.33. The zero-order valence-electron chi connectivity index (χ0n) is 15.5. The fraction of sp³-hybridized carbons (Fsp3) is 0.238. The second-order valence-electron chi connectivity index (χ2n) is 6.94. The molecule has 0 unspecified atom stereocenters. The van der Waals surface area contributed by atoms with Crippen molar-refractivity contribution in [1.29, 1.82) is 0 Å². The molecule has 0 radical (unpaired) electrons. The summed E-state index contributed by atoms with van der Waals surface area (Å²) in [5.74, 6) is 0.240. The van der Waals surface area contributed by atoms with Crippen molar-refractivity contribution in [2.45, 2.75) is 33.3 Å². The van der Waals surface area contributed by atoms with Gasteiger partial charge in [-0.15, -0.1) is 0 Å². The normalized spacial score (nSPS) is 11.4. The first kappa shape index (κ1) is 19.2. The van der Waals surface area contributed by atoms with Crippen molar-refractivity contribution in [2.75, 3.05) is 0 Å². The quantitative estimate of drug-likeness (QED) is 0.568. The molecule has 0 saturated heterocycles. The predicted molar refractivity (Wildman–Crippen MR) is 107 cm³/mol. The van der Waals surface area contributed by atoms with Gasteiger partial charge in [0.25, 0.3) is 0 Å². The molecule has 1 heterocycles. The summed E-state index contributed by atoms with van der Waals surface area (Å²) in [5.41, 5.74) is 2.91. The Morgan fingerprint density at radius 2 is 1.67 bits per heavy atom. The van der Waals surface area contributed by atoms with Crippen LogP contribution >= 0.6 is 15.9 Å². The lowest BCUT2D eigenvalue weighted by Gasteiger charge is -2.24. The SMILES string of the molecule is Cc1cc(-c2cc(-c3ccc(Br)cc3)on2)cc(C)c1OC(C)(C)C(=O)O. The third-order valence-corrected chi connectivity index (χ3v) is 4.80. The van der Waals surface area contributed by atoms with E-state index in [-0.39, 0.29) is 0 Å². The molecule has 0 fully saturated rings. The standard InChI is InChI=1S/C21H20BrNO4/c1-12-9-15(10-13(2)19(12)26-21(3,4)20(24)25)17-11-18(27-23-17)14-5-7-16(22)8-6-14/h5-11H,1-4H3,(H,24,25). The topological polar surface area (TPSA) is 72.6 Å². The summed E-state index contributed by atoms with van der Waals surface area (Å²) in [7, 11) is 0. The average molecular weight is 430 g/mol. The summed E-state index contributed by atoms with van der Waals surface area (Å²) in [6.07, 6.45) is 0. The number of rotatable bonds is 5. The van der Waals surface area contributed by atoms with Crippen LogP contribution in [0.25, 0.3) is 22.6 Å². The van der Waals surface area contributed by atoms with Gasteiger partial charge in [-0.25, -0.2) is 4.79 Å². The fourth-order valence-corrected chi connectivity index (χ4v) is 2.98. The van der Waals surface area contributed by atoms with Gasteiger partial charge in [0.05, 0.1) is 0 Å². The molecule has 2 aromatic carbocycles. The third-order valence-electron chi connectivity index (χ3n) is 4.27. The maximum atomic E-state index is 11.3. The van der Waals surface area contributed by atoms with Crippen molar-refractivity contribution in [3.63, 3.8) is 0 Å². The zero-order chi connectivity index (χ0) is 19.8. The van der Waals surface area contributed by atoms with Gasteiger partial charge in [0.1, 0.15) is 11.4 Å². The molecule has 0 aliphatic rings. The molecule has 0 spiro atoms. The zero-order valence-corrected chi connectivity index (χ0v) is 17.1. The van der Waals surface area contributed by atoms with Crippen molar-refractivity contribution in [1.82, 2.24) is 5.16 Å². The Morgan fingerprint density at radius 3 is 2.22 bits per heavy atom. The Bertz CT molecular complexity index is 967. The number of aliphatic carboxylic acids is 1. The van der Waals surface area contributed by atoms with Gasteiger partial charge in [0.2, 0.25) is 0 Å². The van der Waals surface area contributed by atoms with Gasteiger partial charge >= 0.3 is 5.97 Å². The number of halogens is 1. The second kappa shape index (κ2) is 7.19. The summed E-state index contributed by atoms with van der Waals surface area (Å²) in [6, 6.07) is 13.5. The van der Waals surface area contributed by atoms with Gasteiger partial charge in [-0.05, 0) is 63.1 Å². The number of benzene rings is 2. The number of carboxylic acids is 1. The van der Waals surface area contributed by atoms with Crippen molar-refractivity contribution in [3.05, 3.63) is 58.1 Å². The minimum Gasteiger partial charge on any atom is -0.478 e. The van der Waals surface area contributed by atoms with E-state index >= 15 is 0 Å². The molecule has 140 valence electrons. The van der Waals surface area contributed by atoms with Crippen LogP contribution in [0.3, 0.4) is 0 Å². The van der Waals surface area contributed by atoms with Crippen molar-refractivity contribution < 1.29 is 19.2 Å². The number of nitrogens with zero attached hydrogens (tertiary/aromatic N) is 1. The number of carbonyl (C=O) groups is 1. The van der Waals surface area contributed by atoms with Gasteiger partial charge < -0.3 is 14.4 Å². The molecular formula is C21H20BrNO4. The molecule has 3 aromatic rings. The van der Waals surface area contributed by atoms with Gasteiger partial charge in [-0.2, -0.15) is 0 Å². The highest BCUT2D eigenvalue weighted by Gasteiger charge is 2.30. The average Bonchev–Trinajstić information content (AvgIpc) is 3.08. The Morgan fingerprint density at radius 1 is 1.07 bits per heavy atom. The molecule has 1 N–H and O–H groups in total. The van der Waals surface area contributed by atoms with Crippen LogP contribution in [-0.2, 0) is 4.79 Å². The van der Waals surface area contributed by atoms with Crippen LogP contribution in [0.5, 0.6) is 5.75 Å². The van der Waals surface area contributed by atoms with E-state index in [0.29, 0.717) is 17.2 Å². The molecule has 0 aliphatic carbocycles. The summed E-state index contributed by atoms with van der Waals surface area (Å²) in [4.78, 5) is 11.3. The highest BCUT2D eigenvalue weighted by atomic mass is 79.9. The Hall–Kier alpha value is -2.60. The highest BCUT2D eigenvalue weighted by molar-refractivity contribution is 9.10. The lowest BCUT2D eigenvalue weighted by molar-refractivity contribution is -0.152. The molecule has 0 aliphatic heterocycles. The molecule has 5 nitrogen and oxygen atoms in total. The summed E-state index contributed by atoms with van der Waals surface area (Å²) >= 11 is 3.42.